The number of hydrogen-bond donors (Lipinski definition) is 1. The van der Waals surface area contributed by atoms with Crippen LogP contribution < -0.4 is 0 Å². The van der Waals surface area contributed by atoms with E-state index in [1.807, 2.05) is 24.3 Å². The van der Waals surface area contributed by atoms with Gasteiger partial charge in [-0.1, -0.05) is 36.3 Å². The number of rotatable bonds is 3. The molecule has 4 heteroatoms. The summed E-state index contributed by atoms with van der Waals surface area (Å²) < 4.78 is 4.69. The maximum atomic E-state index is 10.9. The molecular formula is C12H11NO3. The molecule has 0 aliphatic rings. The Labute approximate surface area is 92.5 Å². The van der Waals surface area contributed by atoms with E-state index in [1.54, 1.807) is 0 Å². The van der Waals surface area contributed by atoms with Gasteiger partial charge in [-0.2, -0.15) is 0 Å². The summed E-state index contributed by atoms with van der Waals surface area (Å²) in [5, 5.41) is 12.6. The van der Waals surface area contributed by atoms with Crippen LogP contribution in [0.1, 0.15) is 22.8 Å². The molecule has 0 saturated carbocycles. The highest BCUT2D eigenvalue weighted by molar-refractivity contribution is 5.94. The Hall–Kier alpha value is -2.10. The molecule has 2 aromatic rings. The highest BCUT2D eigenvalue weighted by atomic mass is 16.5. The van der Waals surface area contributed by atoms with Gasteiger partial charge < -0.3 is 9.63 Å². The van der Waals surface area contributed by atoms with Crippen LogP contribution in [0.25, 0.3) is 11.3 Å². The normalized spacial score (nSPS) is 10.3. The molecule has 0 bridgehead atoms. The van der Waals surface area contributed by atoms with Gasteiger partial charge in [0.2, 0.25) is 0 Å². The molecule has 0 aliphatic heterocycles. The number of aryl methyl sites for hydroxylation is 1. The lowest BCUT2D eigenvalue weighted by Gasteiger charge is -1.99. The van der Waals surface area contributed by atoms with Crippen LogP contribution in [0.5, 0.6) is 0 Å². The van der Waals surface area contributed by atoms with Gasteiger partial charge in [-0.3, -0.25) is 0 Å². The average Bonchev–Trinajstić information content (AvgIpc) is 2.78. The molecule has 1 aromatic carbocycles. The third kappa shape index (κ3) is 1.82. The predicted octanol–water partition coefficient (Wildman–Crippen LogP) is 2.60. The van der Waals surface area contributed by atoms with E-state index in [2.05, 4.69) is 16.6 Å². The van der Waals surface area contributed by atoms with Crippen molar-refractivity contribution in [2.75, 3.05) is 0 Å². The SMILES string of the molecule is CCc1ccc(-c2nocc2C(=O)O)cc1. The summed E-state index contributed by atoms with van der Waals surface area (Å²) in [5.74, 6) is -1.03. The zero-order valence-corrected chi connectivity index (χ0v) is 8.80. The number of aromatic nitrogens is 1. The van der Waals surface area contributed by atoms with Crippen molar-refractivity contribution in [2.45, 2.75) is 13.3 Å². The zero-order chi connectivity index (χ0) is 11.5. The number of hydrogen-bond acceptors (Lipinski definition) is 3. The first-order valence-corrected chi connectivity index (χ1v) is 4.99. The Morgan fingerprint density at radius 2 is 2.06 bits per heavy atom. The van der Waals surface area contributed by atoms with E-state index >= 15 is 0 Å². The predicted molar refractivity (Wildman–Crippen MR) is 58.3 cm³/mol. The number of nitrogens with zero attached hydrogens (tertiary/aromatic N) is 1. The largest absolute Gasteiger partial charge is 0.477 e. The van der Waals surface area contributed by atoms with Crippen molar-refractivity contribution in [1.82, 2.24) is 5.16 Å². The quantitative estimate of drug-likeness (QED) is 0.858. The van der Waals surface area contributed by atoms with Crippen molar-refractivity contribution in [2.24, 2.45) is 0 Å². The third-order valence-corrected chi connectivity index (χ3v) is 2.44. The summed E-state index contributed by atoms with van der Waals surface area (Å²) in [4.78, 5) is 10.9. The third-order valence-electron chi connectivity index (χ3n) is 2.44. The van der Waals surface area contributed by atoms with E-state index in [4.69, 9.17) is 5.11 Å². The average molecular weight is 217 g/mol. The summed E-state index contributed by atoms with van der Waals surface area (Å²) >= 11 is 0. The first kappa shape index (κ1) is 10.4. The minimum Gasteiger partial charge on any atom is -0.477 e. The lowest BCUT2D eigenvalue weighted by molar-refractivity contribution is 0.0697. The number of benzene rings is 1. The lowest BCUT2D eigenvalue weighted by atomic mass is 10.1. The van der Waals surface area contributed by atoms with Crippen molar-refractivity contribution in [3.05, 3.63) is 41.7 Å². The molecule has 0 fully saturated rings. The van der Waals surface area contributed by atoms with Gasteiger partial charge in [0, 0.05) is 5.56 Å². The second-order valence-electron chi connectivity index (χ2n) is 3.43. The number of carboxylic acid groups (broad SMARTS) is 1. The van der Waals surface area contributed by atoms with Crippen LogP contribution in [0, 0.1) is 0 Å². The van der Waals surface area contributed by atoms with E-state index in [1.165, 1.54) is 5.56 Å². The summed E-state index contributed by atoms with van der Waals surface area (Å²) in [7, 11) is 0. The summed E-state index contributed by atoms with van der Waals surface area (Å²) in [6.07, 6.45) is 2.09. The molecule has 1 N–H and O–H groups in total. The number of aromatic carboxylic acids is 1. The molecule has 1 heterocycles. The summed E-state index contributed by atoms with van der Waals surface area (Å²) in [6, 6.07) is 7.61. The van der Waals surface area contributed by atoms with Crippen LogP contribution in [-0.2, 0) is 6.42 Å². The Morgan fingerprint density at radius 3 is 2.62 bits per heavy atom. The highest BCUT2D eigenvalue weighted by Crippen LogP contribution is 2.22. The minimum atomic E-state index is -1.03. The van der Waals surface area contributed by atoms with Crippen molar-refractivity contribution >= 4 is 5.97 Å². The van der Waals surface area contributed by atoms with Crippen molar-refractivity contribution in [3.63, 3.8) is 0 Å². The van der Waals surface area contributed by atoms with Crippen LogP contribution in [0.4, 0.5) is 0 Å². The standard InChI is InChI=1S/C12H11NO3/c1-2-8-3-5-9(6-4-8)11-10(12(14)15)7-16-13-11/h3-7H,2H2,1H3,(H,14,15). The van der Waals surface area contributed by atoms with Gasteiger partial charge in [0.1, 0.15) is 17.5 Å². The molecule has 0 saturated heterocycles. The molecule has 0 amide bonds. The molecule has 82 valence electrons. The maximum absolute atomic E-state index is 10.9. The van der Waals surface area contributed by atoms with Crippen molar-refractivity contribution < 1.29 is 14.4 Å². The molecule has 4 nitrogen and oxygen atoms in total. The van der Waals surface area contributed by atoms with Crippen LogP contribution in [0.2, 0.25) is 0 Å². The molecule has 16 heavy (non-hydrogen) atoms. The second-order valence-corrected chi connectivity index (χ2v) is 3.43. The van der Waals surface area contributed by atoms with Gasteiger partial charge in [-0.25, -0.2) is 4.79 Å². The monoisotopic (exact) mass is 217 g/mol. The Morgan fingerprint density at radius 1 is 1.38 bits per heavy atom. The Bertz CT molecular complexity index is 499. The van der Waals surface area contributed by atoms with E-state index in [0.29, 0.717) is 5.69 Å². The van der Waals surface area contributed by atoms with Gasteiger partial charge in [0.25, 0.3) is 0 Å². The fraction of sp³-hybridized carbons (Fsp3) is 0.167. The maximum Gasteiger partial charge on any atom is 0.341 e. The van der Waals surface area contributed by atoms with Gasteiger partial charge in [0.05, 0.1) is 0 Å². The summed E-state index contributed by atoms with van der Waals surface area (Å²) in [5.41, 5.74) is 2.41. The first-order valence-electron chi connectivity index (χ1n) is 4.99. The molecule has 0 radical (unpaired) electrons. The van der Waals surface area contributed by atoms with Crippen LogP contribution >= 0.6 is 0 Å². The Balaban J connectivity index is 2.42. The number of carboxylic acids is 1. The van der Waals surface area contributed by atoms with Crippen molar-refractivity contribution in [1.29, 1.82) is 0 Å². The molecule has 0 unspecified atom stereocenters. The van der Waals surface area contributed by atoms with Gasteiger partial charge >= 0.3 is 5.97 Å². The number of carbonyl (C=O) groups is 1. The molecule has 0 atom stereocenters. The fourth-order valence-electron chi connectivity index (χ4n) is 1.49. The van der Waals surface area contributed by atoms with E-state index < -0.39 is 5.97 Å². The molecule has 1 aromatic heterocycles. The molecular weight excluding hydrogens is 206 g/mol. The Kier molecular flexibility index (Phi) is 2.72. The van der Waals surface area contributed by atoms with Crippen LogP contribution in [0.15, 0.2) is 35.1 Å². The van der Waals surface area contributed by atoms with E-state index in [0.717, 1.165) is 18.2 Å². The first-order chi connectivity index (χ1) is 7.72. The smallest absolute Gasteiger partial charge is 0.341 e. The van der Waals surface area contributed by atoms with Crippen LogP contribution in [-0.4, -0.2) is 16.2 Å². The van der Waals surface area contributed by atoms with Gasteiger partial charge in [-0.05, 0) is 12.0 Å². The van der Waals surface area contributed by atoms with Gasteiger partial charge in [-0.15, -0.1) is 0 Å². The van der Waals surface area contributed by atoms with Crippen molar-refractivity contribution in [3.8, 4) is 11.3 Å². The zero-order valence-electron chi connectivity index (χ0n) is 8.80. The molecule has 2 rings (SSSR count). The summed E-state index contributed by atoms with van der Waals surface area (Å²) in [6.45, 7) is 2.06. The highest BCUT2D eigenvalue weighted by Gasteiger charge is 2.15. The van der Waals surface area contributed by atoms with Crippen LogP contribution in [0.3, 0.4) is 0 Å². The topological polar surface area (TPSA) is 63.3 Å². The van der Waals surface area contributed by atoms with Gasteiger partial charge in [0.15, 0.2) is 0 Å². The minimum absolute atomic E-state index is 0.0873. The fourth-order valence-corrected chi connectivity index (χ4v) is 1.49. The van der Waals surface area contributed by atoms with E-state index in [-0.39, 0.29) is 5.56 Å². The molecule has 0 aliphatic carbocycles. The van der Waals surface area contributed by atoms with E-state index in [9.17, 15) is 4.79 Å². The molecule has 0 spiro atoms. The lowest BCUT2D eigenvalue weighted by Crippen LogP contribution is -1.96. The second kappa shape index (κ2) is 4.18.